The second-order valence-corrected chi connectivity index (χ2v) is 3.24. The van der Waals surface area contributed by atoms with Crippen molar-refractivity contribution in [2.24, 2.45) is 0 Å². The van der Waals surface area contributed by atoms with Crippen molar-refractivity contribution >= 4 is 5.97 Å². The average molecular weight is 198 g/mol. The van der Waals surface area contributed by atoms with Crippen molar-refractivity contribution < 1.29 is 18.3 Å². The van der Waals surface area contributed by atoms with Crippen LogP contribution in [0.3, 0.4) is 0 Å². The number of alkyl halides is 1. The first-order valence-electron chi connectivity index (χ1n) is 4.24. The Morgan fingerprint density at radius 3 is 2.86 bits per heavy atom. The number of cyclic esters (lactones) is 1. The highest BCUT2D eigenvalue weighted by Crippen LogP contribution is 2.32. The minimum atomic E-state index is -1.45. The van der Waals surface area contributed by atoms with Crippen molar-refractivity contribution in [1.82, 2.24) is 0 Å². The monoisotopic (exact) mass is 198 g/mol. The molecule has 0 N–H and O–H groups in total. The van der Waals surface area contributed by atoms with Crippen molar-refractivity contribution in [3.63, 3.8) is 0 Å². The van der Waals surface area contributed by atoms with E-state index in [0.29, 0.717) is 0 Å². The Kier molecular flexibility index (Phi) is 1.98. The zero-order valence-electron chi connectivity index (χ0n) is 7.46. The molecule has 0 unspecified atom stereocenters. The molecule has 74 valence electrons. The fourth-order valence-corrected chi connectivity index (χ4v) is 1.49. The number of esters is 1. The summed E-state index contributed by atoms with van der Waals surface area (Å²) in [7, 11) is 0. The van der Waals surface area contributed by atoms with Gasteiger partial charge in [0.2, 0.25) is 0 Å². The van der Waals surface area contributed by atoms with Gasteiger partial charge in [0, 0.05) is 5.56 Å². The normalized spacial score (nSPS) is 25.5. The third-order valence-corrected chi connectivity index (χ3v) is 2.24. The number of halogens is 2. The van der Waals surface area contributed by atoms with Crippen LogP contribution in [-0.4, -0.2) is 12.1 Å². The summed E-state index contributed by atoms with van der Waals surface area (Å²) in [5.41, 5.74) is 0.186. The Hall–Kier alpha value is -1.45. The van der Waals surface area contributed by atoms with Crippen molar-refractivity contribution in [1.29, 1.82) is 0 Å². The quantitative estimate of drug-likeness (QED) is 0.598. The summed E-state index contributed by atoms with van der Waals surface area (Å²) in [5.74, 6) is -1.14. The van der Waals surface area contributed by atoms with E-state index in [1.54, 1.807) is 0 Å². The minimum absolute atomic E-state index is 0.0775. The maximum Gasteiger partial charge on any atom is 0.338 e. The average Bonchev–Trinajstić information content (AvgIpc) is 2.14. The molecule has 0 bridgehead atoms. The number of benzene rings is 1. The van der Waals surface area contributed by atoms with Crippen molar-refractivity contribution in [3.8, 4) is 0 Å². The van der Waals surface area contributed by atoms with Crippen LogP contribution in [-0.2, 0) is 4.74 Å². The highest BCUT2D eigenvalue weighted by molar-refractivity contribution is 5.92. The summed E-state index contributed by atoms with van der Waals surface area (Å²) in [6.45, 7) is 1.44. The summed E-state index contributed by atoms with van der Waals surface area (Å²) >= 11 is 0. The fourth-order valence-electron chi connectivity index (χ4n) is 1.49. The van der Waals surface area contributed by atoms with Gasteiger partial charge >= 0.3 is 5.97 Å². The Labute approximate surface area is 79.5 Å². The lowest BCUT2D eigenvalue weighted by Crippen LogP contribution is -2.27. The van der Waals surface area contributed by atoms with E-state index in [4.69, 9.17) is 4.74 Å². The second kappa shape index (κ2) is 3.04. The number of rotatable bonds is 0. The number of hydrogen-bond donors (Lipinski definition) is 0. The Balaban J connectivity index is 2.56. The number of hydrogen-bond acceptors (Lipinski definition) is 2. The first-order valence-corrected chi connectivity index (χ1v) is 4.24. The van der Waals surface area contributed by atoms with Gasteiger partial charge in [-0.1, -0.05) is 0 Å². The van der Waals surface area contributed by atoms with E-state index in [-0.39, 0.29) is 11.1 Å². The summed E-state index contributed by atoms with van der Waals surface area (Å²) in [5, 5.41) is 0. The van der Waals surface area contributed by atoms with Crippen LogP contribution in [0.2, 0.25) is 0 Å². The standard InChI is InChI=1S/C10H8F2O2/c1-5-9(12)8-4-6(11)2-3-7(8)10(13)14-5/h2-5,9H,1H3/t5-,9+/m0/s1. The molecule has 1 heterocycles. The van der Waals surface area contributed by atoms with E-state index >= 15 is 0 Å². The summed E-state index contributed by atoms with van der Waals surface area (Å²) in [4.78, 5) is 11.2. The Morgan fingerprint density at radius 2 is 2.14 bits per heavy atom. The molecule has 0 fully saturated rings. The zero-order valence-corrected chi connectivity index (χ0v) is 7.46. The van der Waals surface area contributed by atoms with Crippen molar-refractivity contribution in [2.45, 2.75) is 19.2 Å². The molecule has 0 amide bonds. The molecule has 2 rings (SSSR count). The Morgan fingerprint density at radius 1 is 1.43 bits per heavy atom. The van der Waals surface area contributed by atoms with Crippen LogP contribution in [0.5, 0.6) is 0 Å². The summed E-state index contributed by atoms with van der Waals surface area (Å²) in [6.07, 6.45) is -2.30. The van der Waals surface area contributed by atoms with Gasteiger partial charge in [0.1, 0.15) is 11.9 Å². The Bertz CT molecular complexity index is 390. The van der Waals surface area contributed by atoms with E-state index in [9.17, 15) is 13.6 Å². The molecule has 0 aromatic heterocycles. The molecule has 1 aromatic carbocycles. The lowest BCUT2D eigenvalue weighted by molar-refractivity contribution is 0.00395. The molecule has 0 spiro atoms. The molecule has 2 nitrogen and oxygen atoms in total. The molecule has 0 aliphatic carbocycles. The third kappa shape index (κ3) is 1.27. The highest BCUT2D eigenvalue weighted by atomic mass is 19.1. The van der Waals surface area contributed by atoms with E-state index < -0.39 is 24.1 Å². The van der Waals surface area contributed by atoms with Gasteiger partial charge in [0.15, 0.2) is 6.17 Å². The van der Waals surface area contributed by atoms with Gasteiger partial charge < -0.3 is 4.74 Å². The van der Waals surface area contributed by atoms with Gasteiger partial charge in [0.05, 0.1) is 5.56 Å². The molecular formula is C10H8F2O2. The van der Waals surface area contributed by atoms with E-state index in [2.05, 4.69) is 0 Å². The SMILES string of the molecule is C[C@@H]1OC(=O)c2ccc(F)cc2[C@@H]1F. The van der Waals surface area contributed by atoms with Crippen LogP contribution < -0.4 is 0 Å². The number of fused-ring (bicyclic) bond motifs is 1. The highest BCUT2D eigenvalue weighted by Gasteiger charge is 2.32. The van der Waals surface area contributed by atoms with Crippen molar-refractivity contribution in [3.05, 3.63) is 35.1 Å². The first-order chi connectivity index (χ1) is 6.59. The molecule has 0 saturated carbocycles. The maximum absolute atomic E-state index is 13.5. The molecule has 1 aromatic rings. The van der Waals surface area contributed by atoms with Crippen LogP contribution in [0.4, 0.5) is 8.78 Å². The van der Waals surface area contributed by atoms with Crippen molar-refractivity contribution in [2.75, 3.05) is 0 Å². The van der Waals surface area contributed by atoms with Crippen LogP contribution >= 0.6 is 0 Å². The zero-order chi connectivity index (χ0) is 10.3. The first kappa shape index (κ1) is 9.12. The topological polar surface area (TPSA) is 26.3 Å². The molecule has 0 saturated heterocycles. The molecule has 14 heavy (non-hydrogen) atoms. The van der Waals surface area contributed by atoms with Gasteiger partial charge in [-0.3, -0.25) is 0 Å². The number of carbonyl (C=O) groups is 1. The minimum Gasteiger partial charge on any atom is -0.456 e. The summed E-state index contributed by atoms with van der Waals surface area (Å²) in [6, 6.07) is 3.39. The van der Waals surface area contributed by atoms with Gasteiger partial charge in [-0.15, -0.1) is 0 Å². The third-order valence-electron chi connectivity index (χ3n) is 2.24. The maximum atomic E-state index is 13.5. The molecule has 2 atom stereocenters. The van der Waals surface area contributed by atoms with Gasteiger partial charge in [-0.25, -0.2) is 13.6 Å². The van der Waals surface area contributed by atoms with E-state index in [1.807, 2.05) is 0 Å². The predicted octanol–water partition coefficient (Wildman–Crippen LogP) is 2.40. The predicted molar refractivity (Wildman–Crippen MR) is 45.1 cm³/mol. The van der Waals surface area contributed by atoms with Gasteiger partial charge in [-0.05, 0) is 25.1 Å². The van der Waals surface area contributed by atoms with Gasteiger partial charge in [0.25, 0.3) is 0 Å². The molecule has 0 radical (unpaired) electrons. The molecule has 1 aliphatic rings. The number of carbonyl (C=O) groups excluding carboxylic acids is 1. The van der Waals surface area contributed by atoms with Crippen LogP contribution in [0.15, 0.2) is 18.2 Å². The lowest BCUT2D eigenvalue weighted by Gasteiger charge is -2.25. The fraction of sp³-hybridized carbons (Fsp3) is 0.300. The molecular weight excluding hydrogens is 190 g/mol. The molecule has 4 heteroatoms. The van der Waals surface area contributed by atoms with Crippen LogP contribution in [0.25, 0.3) is 0 Å². The van der Waals surface area contributed by atoms with Crippen LogP contribution in [0.1, 0.15) is 29.0 Å². The smallest absolute Gasteiger partial charge is 0.338 e. The summed E-state index contributed by atoms with van der Waals surface area (Å²) < 4.78 is 31.0. The number of ether oxygens (including phenoxy) is 1. The van der Waals surface area contributed by atoms with E-state index in [1.165, 1.54) is 13.0 Å². The van der Waals surface area contributed by atoms with Gasteiger partial charge in [-0.2, -0.15) is 0 Å². The van der Waals surface area contributed by atoms with E-state index in [0.717, 1.165) is 12.1 Å². The largest absolute Gasteiger partial charge is 0.456 e. The second-order valence-electron chi connectivity index (χ2n) is 3.24. The lowest BCUT2D eigenvalue weighted by atomic mass is 9.97. The van der Waals surface area contributed by atoms with Crippen LogP contribution in [0, 0.1) is 5.82 Å². The molecule has 1 aliphatic heterocycles.